The SMILES string of the molecule is CCOc1c(/C(C)=C/C(=O)NC)cc2c(-c3ccc(Cl)cc3)coc2c1C. The van der Waals surface area contributed by atoms with Crippen molar-refractivity contribution >= 4 is 34.1 Å². The highest BCUT2D eigenvalue weighted by atomic mass is 35.5. The summed E-state index contributed by atoms with van der Waals surface area (Å²) in [5, 5.41) is 4.28. The summed E-state index contributed by atoms with van der Waals surface area (Å²) in [5.74, 6) is 0.581. The van der Waals surface area contributed by atoms with E-state index >= 15 is 0 Å². The van der Waals surface area contributed by atoms with Crippen molar-refractivity contribution in [3.63, 3.8) is 0 Å². The molecule has 3 aromatic rings. The maximum Gasteiger partial charge on any atom is 0.244 e. The average molecular weight is 384 g/mol. The summed E-state index contributed by atoms with van der Waals surface area (Å²) in [4.78, 5) is 11.8. The van der Waals surface area contributed by atoms with E-state index in [1.807, 2.05) is 51.1 Å². The van der Waals surface area contributed by atoms with Gasteiger partial charge in [-0.3, -0.25) is 4.79 Å². The number of furan rings is 1. The van der Waals surface area contributed by atoms with E-state index < -0.39 is 0 Å². The van der Waals surface area contributed by atoms with E-state index in [-0.39, 0.29) is 5.91 Å². The Morgan fingerprint density at radius 3 is 2.63 bits per heavy atom. The lowest BCUT2D eigenvalue weighted by atomic mass is 9.96. The van der Waals surface area contributed by atoms with Crippen LogP contribution in [0.1, 0.15) is 25.0 Å². The number of ether oxygens (including phenoxy) is 1. The van der Waals surface area contributed by atoms with Gasteiger partial charge in [0.25, 0.3) is 0 Å². The predicted octanol–water partition coefficient (Wildman–Crippen LogP) is 5.61. The van der Waals surface area contributed by atoms with Crippen molar-refractivity contribution in [1.82, 2.24) is 5.32 Å². The van der Waals surface area contributed by atoms with Crippen LogP contribution in [0.15, 0.2) is 47.1 Å². The van der Waals surface area contributed by atoms with Gasteiger partial charge in [-0.2, -0.15) is 0 Å². The molecule has 3 rings (SSSR count). The summed E-state index contributed by atoms with van der Waals surface area (Å²) in [5.41, 5.74) is 5.38. The van der Waals surface area contributed by atoms with Crippen molar-refractivity contribution in [3.8, 4) is 16.9 Å². The van der Waals surface area contributed by atoms with Crippen molar-refractivity contribution in [2.45, 2.75) is 20.8 Å². The van der Waals surface area contributed by atoms with E-state index in [1.54, 1.807) is 19.4 Å². The number of allylic oxidation sites excluding steroid dienone is 1. The molecular formula is C22H22ClNO3. The maximum atomic E-state index is 11.8. The number of nitrogens with one attached hydrogen (secondary N) is 1. The fourth-order valence-corrected chi connectivity index (χ4v) is 3.26. The number of hydrogen-bond donors (Lipinski definition) is 1. The molecule has 0 aliphatic heterocycles. The van der Waals surface area contributed by atoms with Gasteiger partial charge >= 0.3 is 0 Å². The lowest BCUT2D eigenvalue weighted by Gasteiger charge is -2.14. The molecule has 140 valence electrons. The fourth-order valence-electron chi connectivity index (χ4n) is 3.14. The maximum absolute atomic E-state index is 11.8. The van der Waals surface area contributed by atoms with E-state index in [0.29, 0.717) is 11.6 Å². The average Bonchev–Trinajstić information content (AvgIpc) is 3.08. The molecule has 4 nitrogen and oxygen atoms in total. The second-order valence-corrected chi connectivity index (χ2v) is 6.72. The van der Waals surface area contributed by atoms with Crippen LogP contribution >= 0.6 is 11.6 Å². The molecule has 1 aromatic heterocycles. The predicted molar refractivity (Wildman–Crippen MR) is 110 cm³/mol. The minimum absolute atomic E-state index is 0.155. The second kappa shape index (κ2) is 7.89. The Hall–Kier alpha value is -2.72. The molecule has 1 N–H and O–H groups in total. The highest BCUT2D eigenvalue weighted by molar-refractivity contribution is 6.30. The Bertz CT molecular complexity index is 1020. The summed E-state index contributed by atoms with van der Waals surface area (Å²) in [6.07, 6.45) is 3.32. The third kappa shape index (κ3) is 3.71. The number of hydrogen-bond acceptors (Lipinski definition) is 3. The van der Waals surface area contributed by atoms with Gasteiger partial charge in [-0.1, -0.05) is 23.7 Å². The number of halogens is 1. The molecule has 2 aromatic carbocycles. The molecule has 1 amide bonds. The molecule has 0 saturated carbocycles. The van der Waals surface area contributed by atoms with Gasteiger partial charge < -0.3 is 14.5 Å². The normalized spacial score (nSPS) is 11.7. The van der Waals surface area contributed by atoms with Gasteiger partial charge in [-0.15, -0.1) is 0 Å². The number of likely N-dealkylation sites (N-methyl/N-ethyl adjacent to an activating group) is 1. The molecule has 27 heavy (non-hydrogen) atoms. The van der Waals surface area contributed by atoms with Crippen molar-refractivity contribution in [1.29, 1.82) is 0 Å². The molecule has 0 bridgehead atoms. The smallest absolute Gasteiger partial charge is 0.244 e. The number of aryl methyl sites for hydroxylation is 1. The van der Waals surface area contributed by atoms with Gasteiger partial charge in [0.05, 0.1) is 12.9 Å². The Kier molecular flexibility index (Phi) is 5.57. The number of amides is 1. The zero-order valence-electron chi connectivity index (χ0n) is 15.9. The summed E-state index contributed by atoms with van der Waals surface area (Å²) in [6.45, 7) is 6.34. The fraction of sp³-hybridized carbons (Fsp3) is 0.227. The van der Waals surface area contributed by atoms with Crippen LogP contribution in [0.2, 0.25) is 5.02 Å². The van der Waals surface area contributed by atoms with Crippen LogP contribution in [0.4, 0.5) is 0 Å². The van der Waals surface area contributed by atoms with Crippen LogP contribution in [0.3, 0.4) is 0 Å². The minimum Gasteiger partial charge on any atom is -0.493 e. The minimum atomic E-state index is -0.155. The number of carbonyl (C=O) groups is 1. The van der Waals surface area contributed by atoms with Gasteiger partial charge in [0.1, 0.15) is 11.3 Å². The second-order valence-electron chi connectivity index (χ2n) is 6.29. The standard InChI is InChI=1S/C22H22ClNO3/c1-5-26-21-14(3)22-18(11-17(21)13(2)10-20(25)24-4)19(12-27-22)15-6-8-16(23)9-7-15/h6-12H,5H2,1-4H3,(H,24,25)/b13-10+. The summed E-state index contributed by atoms with van der Waals surface area (Å²) in [6, 6.07) is 9.66. The molecule has 0 aliphatic rings. The van der Waals surface area contributed by atoms with Crippen LogP contribution in [-0.2, 0) is 4.79 Å². The first-order valence-electron chi connectivity index (χ1n) is 8.80. The summed E-state index contributed by atoms with van der Waals surface area (Å²) >= 11 is 6.02. The first-order chi connectivity index (χ1) is 13.0. The molecule has 0 saturated heterocycles. The van der Waals surface area contributed by atoms with Gasteiger partial charge in [0.2, 0.25) is 5.91 Å². The Morgan fingerprint density at radius 1 is 1.30 bits per heavy atom. The largest absolute Gasteiger partial charge is 0.493 e. The number of carbonyl (C=O) groups excluding carboxylic acids is 1. The molecule has 0 atom stereocenters. The van der Waals surface area contributed by atoms with Gasteiger partial charge in [-0.05, 0) is 50.1 Å². The lowest BCUT2D eigenvalue weighted by Crippen LogP contribution is -2.14. The molecule has 0 fully saturated rings. The highest BCUT2D eigenvalue weighted by Gasteiger charge is 2.19. The number of benzene rings is 2. The number of rotatable bonds is 5. The Morgan fingerprint density at radius 2 is 2.00 bits per heavy atom. The number of fused-ring (bicyclic) bond motifs is 1. The van der Waals surface area contributed by atoms with E-state index in [2.05, 4.69) is 5.32 Å². The zero-order valence-corrected chi connectivity index (χ0v) is 16.6. The first kappa shape index (κ1) is 19.1. The van der Waals surface area contributed by atoms with E-state index in [4.69, 9.17) is 20.8 Å². The van der Waals surface area contributed by atoms with Crippen LogP contribution in [0.25, 0.3) is 27.7 Å². The van der Waals surface area contributed by atoms with Crippen LogP contribution in [0.5, 0.6) is 5.75 Å². The van der Waals surface area contributed by atoms with Gasteiger partial charge in [-0.25, -0.2) is 0 Å². The van der Waals surface area contributed by atoms with Crippen LogP contribution in [0, 0.1) is 6.92 Å². The van der Waals surface area contributed by atoms with Gasteiger partial charge in [0.15, 0.2) is 0 Å². The van der Waals surface area contributed by atoms with Crippen LogP contribution < -0.4 is 10.1 Å². The van der Waals surface area contributed by atoms with Crippen molar-refractivity contribution in [2.24, 2.45) is 0 Å². The molecule has 0 aliphatic carbocycles. The summed E-state index contributed by atoms with van der Waals surface area (Å²) in [7, 11) is 1.61. The van der Waals surface area contributed by atoms with Crippen LogP contribution in [-0.4, -0.2) is 19.6 Å². The summed E-state index contributed by atoms with van der Waals surface area (Å²) < 4.78 is 11.8. The molecule has 5 heteroatoms. The van der Waals surface area contributed by atoms with Crippen molar-refractivity contribution in [2.75, 3.05) is 13.7 Å². The third-order valence-electron chi connectivity index (χ3n) is 4.51. The molecule has 0 unspecified atom stereocenters. The molecule has 1 heterocycles. The Balaban J connectivity index is 2.25. The molecule has 0 spiro atoms. The highest BCUT2D eigenvalue weighted by Crippen LogP contribution is 2.40. The lowest BCUT2D eigenvalue weighted by molar-refractivity contribution is -0.116. The van der Waals surface area contributed by atoms with Gasteiger partial charge in [0, 0.05) is 40.2 Å². The quantitative estimate of drug-likeness (QED) is 0.582. The molecular weight excluding hydrogens is 362 g/mol. The molecule has 0 radical (unpaired) electrons. The Labute approximate surface area is 163 Å². The van der Waals surface area contributed by atoms with E-state index in [9.17, 15) is 4.79 Å². The van der Waals surface area contributed by atoms with Crippen molar-refractivity contribution < 1.29 is 13.9 Å². The zero-order chi connectivity index (χ0) is 19.6. The third-order valence-corrected chi connectivity index (χ3v) is 4.76. The van der Waals surface area contributed by atoms with E-state index in [0.717, 1.165) is 44.5 Å². The first-order valence-corrected chi connectivity index (χ1v) is 9.18. The topological polar surface area (TPSA) is 51.5 Å². The monoisotopic (exact) mass is 383 g/mol. The van der Waals surface area contributed by atoms with E-state index in [1.165, 1.54) is 0 Å². The van der Waals surface area contributed by atoms with Crippen molar-refractivity contribution in [3.05, 3.63) is 58.8 Å².